The van der Waals surface area contributed by atoms with E-state index in [9.17, 15) is 4.79 Å². The van der Waals surface area contributed by atoms with Gasteiger partial charge in [-0.3, -0.25) is 4.79 Å². The van der Waals surface area contributed by atoms with Gasteiger partial charge in [-0.15, -0.1) is 0 Å². The van der Waals surface area contributed by atoms with Crippen LogP contribution in [0, 0.1) is 0 Å². The number of anilines is 2. The average Bonchev–Trinajstić information content (AvgIpc) is 3.22. The van der Waals surface area contributed by atoms with Gasteiger partial charge in [-0.1, -0.05) is 5.16 Å². The second-order valence-corrected chi connectivity index (χ2v) is 7.58. The van der Waals surface area contributed by atoms with Crippen LogP contribution < -0.4 is 9.80 Å². The predicted octanol–water partition coefficient (Wildman–Crippen LogP) is 1.90. The maximum absolute atomic E-state index is 12.7. The van der Waals surface area contributed by atoms with Crippen molar-refractivity contribution in [2.24, 2.45) is 0 Å². The molecule has 0 atom stereocenters. The van der Waals surface area contributed by atoms with Gasteiger partial charge in [0.15, 0.2) is 5.69 Å². The van der Waals surface area contributed by atoms with Crippen molar-refractivity contribution in [3.05, 3.63) is 29.8 Å². The number of nitrogens with zero attached hydrogens (tertiary/aromatic N) is 6. The molecule has 4 heterocycles. The van der Waals surface area contributed by atoms with E-state index in [4.69, 9.17) is 9.51 Å². The zero-order valence-electron chi connectivity index (χ0n) is 15.4. The maximum atomic E-state index is 12.7. The van der Waals surface area contributed by atoms with Gasteiger partial charge in [0.25, 0.3) is 5.91 Å². The highest BCUT2D eigenvalue weighted by molar-refractivity contribution is 5.92. The Labute approximate surface area is 158 Å². The van der Waals surface area contributed by atoms with Gasteiger partial charge in [-0.25, -0.2) is 4.98 Å². The molecule has 0 bridgehead atoms. The van der Waals surface area contributed by atoms with E-state index in [1.54, 1.807) is 0 Å². The van der Waals surface area contributed by atoms with Crippen molar-refractivity contribution in [2.45, 2.75) is 31.6 Å². The first-order chi connectivity index (χ1) is 13.3. The van der Waals surface area contributed by atoms with E-state index in [2.05, 4.69) is 19.9 Å². The molecule has 3 aliphatic rings. The van der Waals surface area contributed by atoms with Crippen LogP contribution in [0.5, 0.6) is 0 Å². The molecule has 0 spiro atoms. The Hall–Kier alpha value is -2.64. The van der Waals surface area contributed by atoms with E-state index in [1.165, 1.54) is 12.8 Å². The number of carbonyl (C=O) groups excluding carboxylic acids is 1. The van der Waals surface area contributed by atoms with Crippen LogP contribution in [0.25, 0.3) is 0 Å². The molecular formula is C19H24N6O2. The monoisotopic (exact) mass is 368 g/mol. The molecule has 2 aromatic rings. The van der Waals surface area contributed by atoms with Gasteiger partial charge in [0, 0.05) is 57.4 Å². The van der Waals surface area contributed by atoms with Crippen molar-refractivity contribution in [2.75, 3.05) is 49.1 Å². The molecule has 1 amide bonds. The summed E-state index contributed by atoms with van der Waals surface area (Å²) in [6.45, 7) is 4.91. The molecule has 8 nitrogen and oxygen atoms in total. The smallest absolute Gasteiger partial charge is 0.276 e. The van der Waals surface area contributed by atoms with Crippen molar-refractivity contribution < 1.29 is 9.32 Å². The summed E-state index contributed by atoms with van der Waals surface area (Å²) in [6.07, 6.45) is 6.53. The summed E-state index contributed by atoms with van der Waals surface area (Å²) in [5.74, 6) is 3.05. The normalized spacial score (nSPS) is 20.4. The average molecular weight is 368 g/mol. The first-order valence-corrected chi connectivity index (χ1v) is 9.87. The van der Waals surface area contributed by atoms with Crippen molar-refractivity contribution in [1.29, 1.82) is 0 Å². The van der Waals surface area contributed by atoms with E-state index >= 15 is 0 Å². The van der Waals surface area contributed by atoms with E-state index in [0.29, 0.717) is 24.7 Å². The molecule has 2 saturated heterocycles. The third-order valence-electron chi connectivity index (χ3n) is 5.64. The molecule has 1 aliphatic carbocycles. The van der Waals surface area contributed by atoms with Gasteiger partial charge in [0.2, 0.25) is 5.95 Å². The van der Waals surface area contributed by atoms with Crippen LogP contribution in [0.3, 0.4) is 0 Å². The fourth-order valence-electron chi connectivity index (χ4n) is 3.84. The molecule has 2 aromatic heterocycles. The van der Waals surface area contributed by atoms with Gasteiger partial charge >= 0.3 is 0 Å². The minimum Gasteiger partial charge on any atom is -0.360 e. The lowest BCUT2D eigenvalue weighted by atomic mass is 10.2. The fourth-order valence-corrected chi connectivity index (χ4v) is 3.84. The van der Waals surface area contributed by atoms with E-state index in [-0.39, 0.29) is 5.91 Å². The fraction of sp³-hybridized carbons (Fsp3) is 0.579. The highest BCUT2D eigenvalue weighted by Crippen LogP contribution is 2.40. The number of piperazine rings is 1. The van der Waals surface area contributed by atoms with Gasteiger partial charge in [-0.2, -0.15) is 4.98 Å². The molecule has 142 valence electrons. The molecule has 0 aromatic carbocycles. The zero-order chi connectivity index (χ0) is 18.2. The summed E-state index contributed by atoms with van der Waals surface area (Å²) >= 11 is 0. The summed E-state index contributed by atoms with van der Waals surface area (Å²) < 4.78 is 5.32. The van der Waals surface area contributed by atoms with Crippen molar-refractivity contribution >= 4 is 17.7 Å². The van der Waals surface area contributed by atoms with Crippen molar-refractivity contribution in [3.63, 3.8) is 0 Å². The van der Waals surface area contributed by atoms with Crippen molar-refractivity contribution in [3.8, 4) is 0 Å². The topological polar surface area (TPSA) is 78.6 Å². The van der Waals surface area contributed by atoms with Crippen LogP contribution in [0.2, 0.25) is 0 Å². The Morgan fingerprint density at radius 1 is 1.04 bits per heavy atom. The van der Waals surface area contributed by atoms with Crippen LogP contribution in [-0.4, -0.2) is 65.2 Å². The predicted molar refractivity (Wildman–Crippen MR) is 100 cm³/mol. The van der Waals surface area contributed by atoms with Crippen LogP contribution in [0.4, 0.5) is 11.8 Å². The maximum Gasteiger partial charge on any atom is 0.276 e. The van der Waals surface area contributed by atoms with Crippen molar-refractivity contribution in [1.82, 2.24) is 20.0 Å². The van der Waals surface area contributed by atoms with Gasteiger partial charge < -0.3 is 19.2 Å². The van der Waals surface area contributed by atoms with Crippen LogP contribution in [0.1, 0.15) is 47.8 Å². The lowest BCUT2D eigenvalue weighted by Gasteiger charge is -2.35. The third-order valence-corrected chi connectivity index (χ3v) is 5.64. The number of hydrogen-bond acceptors (Lipinski definition) is 7. The van der Waals surface area contributed by atoms with Gasteiger partial charge in [0.05, 0.1) is 0 Å². The van der Waals surface area contributed by atoms with Crippen LogP contribution in [0.15, 0.2) is 22.9 Å². The number of amides is 1. The Kier molecular flexibility index (Phi) is 4.18. The molecule has 3 fully saturated rings. The first kappa shape index (κ1) is 16.5. The van der Waals surface area contributed by atoms with Crippen LogP contribution >= 0.6 is 0 Å². The highest BCUT2D eigenvalue weighted by Gasteiger charge is 2.31. The molecule has 2 aliphatic heterocycles. The largest absolute Gasteiger partial charge is 0.360 e. The minimum atomic E-state index is -0.0363. The Morgan fingerprint density at radius 3 is 2.56 bits per heavy atom. The minimum absolute atomic E-state index is 0.0363. The summed E-state index contributed by atoms with van der Waals surface area (Å²) in [5, 5.41) is 3.98. The molecule has 1 saturated carbocycles. The lowest BCUT2D eigenvalue weighted by molar-refractivity contribution is 0.0736. The number of aromatic nitrogens is 3. The Bertz CT molecular complexity index is 819. The standard InChI is InChI=1S/C19H24N6O2/c26-18(15-13-16(27-22-15)14-3-4-14)24-11-9-23(10-12-24)17-5-6-20-19(21-17)25-7-1-2-8-25/h5-6,13-14H,1-4,7-12H2. The molecular weight excluding hydrogens is 344 g/mol. The molecule has 27 heavy (non-hydrogen) atoms. The first-order valence-electron chi connectivity index (χ1n) is 9.87. The molecule has 0 unspecified atom stereocenters. The number of carbonyl (C=O) groups is 1. The number of hydrogen-bond donors (Lipinski definition) is 0. The highest BCUT2D eigenvalue weighted by atomic mass is 16.5. The van der Waals surface area contributed by atoms with E-state index < -0.39 is 0 Å². The Balaban J connectivity index is 1.22. The van der Waals surface area contributed by atoms with Gasteiger partial charge in [-0.05, 0) is 31.7 Å². The lowest BCUT2D eigenvalue weighted by Crippen LogP contribution is -2.49. The van der Waals surface area contributed by atoms with Crippen LogP contribution in [-0.2, 0) is 0 Å². The third kappa shape index (κ3) is 3.36. The summed E-state index contributed by atoms with van der Waals surface area (Å²) in [7, 11) is 0. The number of rotatable bonds is 4. The Morgan fingerprint density at radius 2 is 1.81 bits per heavy atom. The molecule has 8 heteroatoms. The molecule has 0 radical (unpaired) electrons. The molecule has 5 rings (SSSR count). The quantitative estimate of drug-likeness (QED) is 0.815. The molecule has 0 N–H and O–H groups in total. The van der Waals surface area contributed by atoms with Gasteiger partial charge in [0.1, 0.15) is 11.6 Å². The van der Waals surface area contributed by atoms with E-state index in [1.807, 2.05) is 23.2 Å². The second kappa shape index (κ2) is 6.83. The SMILES string of the molecule is O=C(c1cc(C2CC2)on1)N1CCN(c2ccnc(N3CCCC3)n2)CC1. The summed E-state index contributed by atoms with van der Waals surface area (Å²) in [5.41, 5.74) is 0.434. The second-order valence-electron chi connectivity index (χ2n) is 7.58. The van der Waals surface area contributed by atoms with E-state index in [0.717, 1.165) is 56.5 Å². The zero-order valence-corrected chi connectivity index (χ0v) is 15.4. The summed E-state index contributed by atoms with van der Waals surface area (Å²) in [4.78, 5) is 28.2. The summed E-state index contributed by atoms with van der Waals surface area (Å²) in [6, 6.07) is 3.77.